The highest BCUT2D eigenvalue weighted by molar-refractivity contribution is 7.99. The van der Waals surface area contributed by atoms with E-state index in [2.05, 4.69) is 39.3 Å². The standard InChI is InChI=1S/C28H31F3N4O4S/c1-16-14-34(12-11-33(16)3)23-8-6-20-19-9-10-35(15-21(19)27(37)38-25(20)17(23)2)26(36)18-5-7-22(32-40-4)24(13-18)39-28(29,30)31/h5-8,13,16,32H,9-12,14-15H2,1-4H3. The van der Waals surface area contributed by atoms with Crippen LogP contribution in [0.2, 0.25) is 0 Å². The van der Waals surface area contributed by atoms with Crippen molar-refractivity contribution < 1.29 is 27.1 Å². The monoisotopic (exact) mass is 576 g/mol. The number of ether oxygens (including phenoxy) is 1. The van der Waals surface area contributed by atoms with Gasteiger partial charge in [-0.2, -0.15) is 0 Å². The van der Waals surface area contributed by atoms with Gasteiger partial charge in [-0.25, -0.2) is 4.79 Å². The maximum absolute atomic E-state index is 13.3. The highest BCUT2D eigenvalue weighted by Gasteiger charge is 2.33. The summed E-state index contributed by atoms with van der Waals surface area (Å²) in [4.78, 5) is 32.6. The molecule has 2 aromatic carbocycles. The van der Waals surface area contributed by atoms with Gasteiger partial charge in [-0.1, -0.05) is 11.9 Å². The molecule has 0 spiro atoms. The highest BCUT2D eigenvalue weighted by Crippen LogP contribution is 2.35. The third-order valence-electron chi connectivity index (χ3n) is 7.74. The van der Waals surface area contributed by atoms with Crippen molar-refractivity contribution in [2.45, 2.75) is 39.2 Å². The van der Waals surface area contributed by atoms with Crippen LogP contribution in [-0.4, -0.2) is 67.6 Å². The van der Waals surface area contributed by atoms with Crippen molar-refractivity contribution in [3.63, 3.8) is 0 Å². The van der Waals surface area contributed by atoms with Crippen LogP contribution in [0.25, 0.3) is 11.0 Å². The Morgan fingerprint density at radius 2 is 1.93 bits per heavy atom. The number of carbonyl (C=O) groups is 1. The zero-order valence-electron chi connectivity index (χ0n) is 22.7. The Labute approximate surface area is 234 Å². The summed E-state index contributed by atoms with van der Waals surface area (Å²) in [5.41, 5.74) is 3.35. The average molecular weight is 577 g/mol. The van der Waals surface area contributed by atoms with Crippen LogP contribution in [0.1, 0.15) is 34.0 Å². The molecule has 3 heterocycles. The van der Waals surface area contributed by atoms with Crippen molar-refractivity contribution in [2.75, 3.05) is 49.1 Å². The quantitative estimate of drug-likeness (QED) is 0.335. The minimum Gasteiger partial charge on any atom is -0.422 e. The summed E-state index contributed by atoms with van der Waals surface area (Å²) in [5.74, 6) is -1.000. The van der Waals surface area contributed by atoms with Gasteiger partial charge in [0, 0.05) is 60.7 Å². The molecule has 12 heteroatoms. The second-order valence-corrected chi connectivity index (χ2v) is 10.9. The molecule has 1 N–H and O–H groups in total. The molecule has 0 aliphatic carbocycles. The van der Waals surface area contributed by atoms with Gasteiger partial charge < -0.3 is 28.6 Å². The number of alkyl halides is 3. The van der Waals surface area contributed by atoms with Crippen molar-refractivity contribution in [3.8, 4) is 5.75 Å². The van der Waals surface area contributed by atoms with E-state index in [1.165, 1.54) is 17.0 Å². The molecule has 8 nitrogen and oxygen atoms in total. The number of aryl methyl sites for hydroxylation is 1. The molecule has 5 rings (SSSR count). The molecule has 3 aromatic rings. The number of rotatable bonds is 5. The number of anilines is 2. The first-order chi connectivity index (χ1) is 19.0. The predicted octanol–water partition coefficient (Wildman–Crippen LogP) is 5.03. The predicted molar refractivity (Wildman–Crippen MR) is 150 cm³/mol. The number of piperazine rings is 1. The lowest BCUT2D eigenvalue weighted by atomic mass is 9.95. The zero-order chi connectivity index (χ0) is 28.8. The summed E-state index contributed by atoms with van der Waals surface area (Å²) in [6.45, 7) is 7.15. The summed E-state index contributed by atoms with van der Waals surface area (Å²) in [6.07, 6.45) is -2.83. The van der Waals surface area contributed by atoms with E-state index in [1.807, 2.05) is 13.0 Å². The Morgan fingerprint density at radius 1 is 1.15 bits per heavy atom. The molecule has 1 atom stereocenters. The first-order valence-electron chi connectivity index (χ1n) is 13.0. The molecular weight excluding hydrogens is 545 g/mol. The topological polar surface area (TPSA) is 78.3 Å². The van der Waals surface area contributed by atoms with Gasteiger partial charge in [0.15, 0.2) is 5.75 Å². The number of nitrogens with one attached hydrogen (secondary N) is 1. The number of hydrogen-bond acceptors (Lipinski definition) is 8. The molecule has 0 bridgehead atoms. The van der Waals surface area contributed by atoms with Gasteiger partial charge in [0.2, 0.25) is 0 Å². The average Bonchev–Trinajstić information content (AvgIpc) is 2.91. The van der Waals surface area contributed by atoms with E-state index in [0.29, 0.717) is 30.2 Å². The fourth-order valence-electron chi connectivity index (χ4n) is 5.48. The number of amides is 1. The molecular formula is C28H31F3N4O4S. The summed E-state index contributed by atoms with van der Waals surface area (Å²) < 4.78 is 51.6. The lowest BCUT2D eigenvalue weighted by Gasteiger charge is -2.39. The summed E-state index contributed by atoms with van der Waals surface area (Å²) in [6, 6.07) is 8.32. The van der Waals surface area contributed by atoms with Gasteiger partial charge >= 0.3 is 12.0 Å². The van der Waals surface area contributed by atoms with E-state index in [0.717, 1.165) is 59.8 Å². The van der Waals surface area contributed by atoms with E-state index >= 15 is 0 Å². The van der Waals surface area contributed by atoms with Crippen LogP contribution >= 0.6 is 11.9 Å². The van der Waals surface area contributed by atoms with E-state index < -0.39 is 23.6 Å². The van der Waals surface area contributed by atoms with Crippen molar-refractivity contribution in [3.05, 3.63) is 63.0 Å². The molecule has 1 aromatic heterocycles. The number of carbonyl (C=O) groups excluding carboxylic acids is 1. The molecule has 1 saturated heterocycles. The largest absolute Gasteiger partial charge is 0.573 e. The molecule has 1 unspecified atom stereocenters. The molecule has 40 heavy (non-hydrogen) atoms. The number of hydrogen-bond donors (Lipinski definition) is 1. The third-order valence-corrected chi connectivity index (χ3v) is 8.17. The van der Waals surface area contributed by atoms with E-state index in [4.69, 9.17) is 4.42 Å². The van der Waals surface area contributed by atoms with Gasteiger partial charge in [-0.05, 0) is 63.2 Å². The number of fused-ring (bicyclic) bond motifs is 3. The van der Waals surface area contributed by atoms with Gasteiger partial charge in [0.25, 0.3) is 5.91 Å². The molecule has 2 aliphatic heterocycles. The maximum Gasteiger partial charge on any atom is 0.573 e. The van der Waals surface area contributed by atoms with Crippen LogP contribution in [0.3, 0.4) is 0 Å². The number of likely N-dealkylation sites (N-methyl/N-ethyl adjacent to an activating group) is 1. The first kappa shape index (κ1) is 28.2. The Balaban J connectivity index is 1.43. The second kappa shape index (κ2) is 10.9. The fraction of sp³-hybridized carbons (Fsp3) is 0.429. The van der Waals surface area contributed by atoms with Crippen LogP contribution in [-0.2, 0) is 13.0 Å². The molecule has 2 aliphatic rings. The minimum atomic E-state index is -4.92. The van der Waals surface area contributed by atoms with Gasteiger partial charge in [-0.3, -0.25) is 4.79 Å². The number of halogens is 3. The molecule has 214 valence electrons. The van der Waals surface area contributed by atoms with Crippen molar-refractivity contribution in [2.24, 2.45) is 0 Å². The first-order valence-corrected chi connectivity index (χ1v) is 14.2. The zero-order valence-corrected chi connectivity index (χ0v) is 23.5. The van der Waals surface area contributed by atoms with Crippen LogP contribution in [0.15, 0.2) is 39.5 Å². The molecule has 1 fully saturated rings. The highest BCUT2D eigenvalue weighted by atomic mass is 32.2. The fourth-order valence-corrected chi connectivity index (χ4v) is 5.87. The summed E-state index contributed by atoms with van der Waals surface area (Å²) >= 11 is 1.10. The van der Waals surface area contributed by atoms with Crippen molar-refractivity contribution >= 4 is 40.2 Å². The van der Waals surface area contributed by atoms with Crippen LogP contribution < -0.4 is 20.0 Å². The Kier molecular flexibility index (Phi) is 7.66. The number of nitrogens with zero attached hydrogens (tertiary/aromatic N) is 3. The van der Waals surface area contributed by atoms with Gasteiger partial charge in [0.1, 0.15) is 5.58 Å². The normalized spacial score (nSPS) is 18.1. The molecule has 1 amide bonds. The number of benzene rings is 2. The summed E-state index contributed by atoms with van der Waals surface area (Å²) in [7, 11) is 2.11. The van der Waals surface area contributed by atoms with Gasteiger partial charge in [0.05, 0.1) is 17.8 Å². The van der Waals surface area contributed by atoms with E-state index in [1.54, 1.807) is 6.26 Å². The van der Waals surface area contributed by atoms with E-state index in [-0.39, 0.29) is 17.8 Å². The Morgan fingerprint density at radius 3 is 2.62 bits per heavy atom. The minimum absolute atomic E-state index is 0.00346. The van der Waals surface area contributed by atoms with Crippen molar-refractivity contribution in [1.82, 2.24) is 9.80 Å². The van der Waals surface area contributed by atoms with E-state index in [9.17, 15) is 22.8 Å². The van der Waals surface area contributed by atoms with Crippen LogP contribution in [0, 0.1) is 6.92 Å². The summed E-state index contributed by atoms with van der Waals surface area (Å²) in [5, 5.41) is 0.846. The SMILES string of the molecule is CSNc1ccc(C(=O)N2CCc3c(c(=O)oc4c(C)c(N5CCN(C)C(C)C5)ccc34)C2)cc1OC(F)(F)F. The Bertz CT molecular complexity index is 1510. The maximum atomic E-state index is 13.3. The van der Waals surface area contributed by atoms with Gasteiger partial charge in [-0.15, -0.1) is 13.2 Å². The lowest BCUT2D eigenvalue weighted by Crippen LogP contribution is -2.50. The van der Waals surface area contributed by atoms with Crippen molar-refractivity contribution in [1.29, 1.82) is 0 Å². The Hall–Kier alpha value is -3.38. The third kappa shape index (κ3) is 5.46. The molecule has 0 radical (unpaired) electrons. The molecule has 0 saturated carbocycles. The van der Waals surface area contributed by atoms with Crippen LogP contribution in [0.4, 0.5) is 24.5 Å². The second-order valence-electron chi connectivity index (χ2n) is 10.3. The lowest BCUT2D eigenvalue weighted by molar-refractivity contribution is -0.274. The smallest absolute Gasteiger partial charge is 0.422 e. The van der Waals surface area contributed by atoms with Crippen LogP contribution in [0.5, 0.6) is 5.75 Å².